The third kappa shape index (κ3) is 7.79. The largest absolute Gasteiger partial charge is 0.469 e. The molecular formula is C17H29N3O2S. The summed E-state index contributed by atoms with van der Waals surface area (Å²) in [5.74, 6) is 3.10. The molecule has 130 valence electrons. The Kier molecular flexibility index (Phi) is 9.03. The van der Waals surface area contributed by atoms with E-state index in [0.29, 0.717) is 0 Å². The van der Waals surface area contributed by atoms with Gasteiger partial charge in [-0.2, -0.15) is 11.8 Å². The molecule has 2 rings (SSSR count). The van der Waals surface area contributed by atoms with Gasteiger partial charge in [0.15, 0.2) is 5.96 Å². The highest BCUT2D eigenvalue weighted by molar-refractivity contribution is 7.98. The Morgan fingerprint density at radius 3 is 3.00 bits per heavy atom. The summed E-state index contributed by atoms with van der Waals surface area (Å²) >= 11 is 1.90. The van der Waals surface area contributed by atoms with Crippen LogP contribution in [-0.4, -0.2) is 50.3 Å². The van der Waals surface area contributed by atoms with Crippen molar-refractivity contribution < 1.29 is 9.15 Å². The maximum atomic E-state index is 5.64. The normalized spacial score (nSPS) is 18.3. The minimum absolute atomic E-state index is 0.287. The van der Waals surface area contributed by atoms with E-state index in [4.69, 9.17) is 9.15 Å². The third-order valence-electron chi connectivity index (χ3n) is 3.79. The number of guanidine groups is 1. The lowest BCUT2D eigenvalue weighted by Crippen LogP contribution is -2.39. The van der Waals surface area contributed by atoms with Crippen LogP contribution >= 0.6 is 11.8 Å². The molecule has 1 aromatic rings. The van der Waals surface area contributed by atoms with Gasteiger partial charge in [0.2, 0.25) is 0 Å². The lowest BCUT2D eigenvalue weighted by Gasteiger charge is -2.13. The zero-order valence-electron chi connectivity index (χ0n) is 14.1. The van der Waals surface area contributed by atoms with E-state index >= 15 is 0 Å². The Morgan fingerprint density at radius 1 is 1.35 bits per heavy atom. The van der Waals surface area contributed by atoms with Crippen LogP contribution in [-0.2, 0) is 11.2 Å². The second-order valence-electron chi connectivity index (χ2n) is 5.71. The molecule has 0 aromatic carbocycles. The molecule has 0 radical (unpaired) electrons. The summed E-state index contributed by atoms with van der Waals surface area (Å²) in [4.78, 5) is 4.68. The molecule has 0 bridgehead atoms. The van der Waals surface area contributed by atoms with Crippen LogP contribution in [0.1, 0.15) is 31.4 Å². The van der Waals surface area contributed by atoms with Gasteiger partial charge < -0.3 is 19.8 Å². The molecule has 5 nitrogen and oxygen atoms in total. The van der Waals surface area contributed by atoms with Gasteiger partial charge in [-0.3, -0.25) is 4.99 Å². The highest BCUT2D eigenvalue weighted by Crippen LogP contribution is 2.11. The van der Waals surface area contributed by atoms with Gasteiger partial charge in [0.25, 0.3) is 0 Å². The first-order chi connectivity index (χ1) is 11.4. The Labute approximate surface area is 143 Å². The van der Waals surface area contributed by atoms with Crippen molar-refractivity contribution >= 4 is 17.7 Å². The summed E-state index contributed by atoms with van der Waals surface area (Å²) in [7, 11) is 0. The number of hydrogen-bond acceptors (Lipinski definition) is 4. The minimum Gasteiger partial charge on any atom is -0.469 e. The van der Waals surface area contributed by atoms with Gasteiger partial charge in [-0.15, -0.1) is 0 Å². The zero-order chi connectivity index (χ0) is 16.2. The van der Waals surface area contributed by atoms with Crippen LogP contribution in [0.25, 0.3) is 0 Å². The molecule has 1 aliphatic rings. The summed E-state index contributed by atoms with van der Waals surface area (Å²) in [6, 6.07) is 3.92. The standard InChI is InChI=1S/C17H29N3O2S/c1-23-13-3-2-9-18-17(20-14-16-7-5-12-22-16)19-10-8-15-6-4-11-21-15/h4,6,11,16H,2-3,5,7-10,12-14H2,1H3,(H2,18,19,20). The van der Waals surface area contributed by atoms with Crippen molar-refractivity contribution in [2.75, 3.05) is 38.2 Å². The third-order valence-corrected chi connectivity index (χ3v) is 4.49. The van der Waals surface area contributed by atoms with E-state index < -0.39 is 0 Å². The molecule has 1 unspecified atom stereocenters. The van der Waals surface area contributed by atoms with Crippen LogP contribution in [0.4, 0.5) is 0 Å². The first-order valence-electron chi connectivity index (χ1n) is 8.53. The first kappa shape index (κ1) is 18.2. The Morgan fingerprint density at radius 2 is 2.26 bits per heavy atom. The minimum atomic E-state index is 0.287. The monoisotopic (exact) mass is 339 g/mol. The van der Waals surface area contributed by atoms with Crippen LogP contribution in [0.3, 0.4) is 0 Å². The summed E-state index contributed by atoms with van der Waals surface area (Å²) in [6.45, 7) is 3.39. The molecule has 1 aromatic heterocycles. The molecule has 0 aliphatic carbocycles. The lowest BCUT2D eigenvalue weighted by molar-refractivity contribution is 0.117. The second kappa shape index (κ2) is 11.4. The fourth-order valence-electron chi connectivity index (χ4n) is 2.49. The number of ether oxygens (including phenoxy) is 1. The van der Waals surface area contributed by atoms with Crippen molar-refractivity contribution in [1.29, 1.82) is 0 Å². The van der Waals surface area contributed by atoms with E-state index in [9.17, 15) is 0 Å². The smallest absolute Gasteiger partial charge is 0.191 e. The van der Waals surface area contributed by atoms with E-state index in [-0.39, 0.29) is 6.10 Å². The van der Waals surface area contributed by atoms with E-state index in [1.807, 2.05) is 23.9 Å². The number of aliphatic imine (C=N–C) groups is 1. The molecule has 0 amide bonds. The van der Waals surface area contributed by atoms with Gasteiger partial charge in [-0.05, 0) is 49.8 Å². The summed E-state index contributed by atoms with van der Waals surface area (Å²) < 4.78 is 11.0. The van der Waals surface area contributed by atoms with E-state index in [0.717, 1.165) is 57.2 Å². The molecule has 2 N–H and O–H groups in total. The van der Waals surface area contributed by atoms with Gasteiger partial charge in [0, 0.05) is 26.1 Å². The van der Waals surface area contributed by atoms with Crippen LogP contribution in [0.5, 0.6) is 0 Å². The molecule has 6 heteroatoms. The fraction of sp³-hybridized carbons (Fsp3) is 0.706. The summed E-state index contributed by atoms with van der Waals surface area (Å²) in [5, 5.41) is 6.82. The van der Waals surface area contributed by atoms with Crippen LogP contribution in [0.2, 0.25) is 0 Å². The van der Waals surface area contributed by atoms with Crippen molar-refractivity contribution in [1.82, 2.24) is 10.6 Å². The highest BCUT2D eigenvalue weighted by atomic mass is 32.2. The van der Waals surface area contributed by atoms with Crippen LogP contribution in [0.15, 0.2) is 27.8 Å². The summed E-state index contributed by atoms with van der Waals surface area (Å²) in [5.41, 5.74) is 0. The molecule has 1 saturated heterocycles. The number of hydrogen-bond donors (Lipinski definition) is 2. The van der Waals surface area contributed by atoms with E-state index in [1.54, 1.807) is 6.26 Å². The van der Waals surface area contributed by atoms with Crippen LogP contribution in [0, 0.1) is 0 Å². The Bertz CT molecular complexity index is 431. The molecule has 1 fully saturated rings. The maximum Gasteiger partial charge on any atom is 0.191 e. The number of unbranched alkanes of at least 4 members (excludes halogenated alkanes) is 1. The highest BCUT2D eigenvalue weighted by Gasteiger charge is 2.14. The van der Waals surface area contributed by atoms with Crippen LogP contribution < -0.4 is 10.6 Å². The van der Waals surface area contributed by atoms with Crippen molar-refractivity contribution in [3.63, 3.8) is 0 Å². The molecule has 0 spiro atoms. The number of thioether (sulfide) groups is 1. The fourth-order valence-corrected chi connectivity index (χ4v) is 2.99. The average Bonchev–Trinajstić information content (AvgIpc) is 3.25. The van der Waals surface area contributed by atoms with Crippen molar-refractivity contribution in [2.45, 2.75) is 38.2 Å². The van der Waals surface area contributed by atoms with E-state index in [2.05, 4.69) is 21.9 Å². The SMILES string of the molecule is CSCCCCNC(=NCC1CCCO1)NCCc1ccco1. The number of nitrogens with zero attached hydrogens (tertiary/aromatic N) is 1. The lowest BCUT2D eigenvalue weighted by atomic mass is 10.2. The van der Waals surface area contributed by atoms with Crippen molar-refractivity contribution in [2.24, 2.45) is 4.99 Å². The molecule has 23 heavy (non-hydrogen) atoms. The van der Waals surface area contributed by atoms with Gasteiger partial charge in [-0.1, -0.05) is 0 Å². The van der Waals surface area contributed by atoms with Crippen molar-refractivity contribution in [3.05, 3.63) is 24.2 Å². The molecule has 1 atom stereocenters. The molecular weight excluding hydrogens is 310 g/mol. The van der Waals surface area contributed by atoms with Gasteiger partial charge in [0.05, 0.1) is 18.9 Å². The first-order valence-corrected chi connectivity index (χ1v) is 9.93. The molecule has 2 heterocycles. The predicted octanol–water partition coefficient (Wildman–Crippen LogP) is 2.68. The second-order valence-corrected chi connectivity index (χ2v) is 6.69. The van der Waals surface area contributed by atoms with Gasteiger partial charge in [0.1, 0.15) is 5.76 Å². The maximum absolute atomic E-state index is 5.64. The number of nitrogens with one attached hydrogen (secondary N) is 2. The Balaban J connectivity index is 1.71. The average molecular weight is 340 g/mol. The topological polar surface area (TPSA) is 58.8 Å². The number of furan rings is 1. The molecule has 0 saturated carbocycles. The Hall–Kier alpha value is -1.14. The van der Waals surface area contributed by atoms with Gasteiger partial charge >= 0.3 is 0 Å². The predicted molar refractivity (Wildman–Crippen MR) is 97.3 cm³/mol. The zero-order valence-corrected chi connectivity index (χ0v) is 14.9. The van der Waals surface area contributed by atoms with Crippen molar-refractivity contribution in [3.8, 4) is 0 Å². The molecule has 1 aliphatic heterocycles. The van der Waals surface area contributed by atoms with Gasteiger partial charge in [-0.25, -0.2) is 0 Å². The van der Waals surface area contributed by atoms with E-state index in [1.165, 1.54) is 18.6 Å². The number of rotatable bonds is 10. The summed E-state index contributed by atoms with van der Waals surface area (Å²) in [6.07, 6.45) is 9.69. The quantitative estimate of drug-likeness (QED) is 0.390.